The molecule has 1 rings (SSSR count). The Bertz CT molecular complexity index is 379. The number of halogens is 2. The standard InChI is InChI=1S/C10H8F2O3/c1-15-10(14)4-7-8(11)2-6(5-13)3-9(7)12/h2-3,5H,4H2,1H3. The lowest BCUT2D eigenvalue weighted by Gasteiger charge is -2.04. The molecule has 0 aliphatic carbocycles. The van der Waals surface area contributed by atoms with Crippen LogP contribution in [0.5, 0.6) is 0 Å². The number of esters is 1. The molecule has 80 valence electrons. The number of hydrogen-bond donors (Lipinski definition) is 0. The largest absolute Gasteiger partial charge is 0.469 e. The Morgan fingerprint density at radius 3 is 2.33 bits per heavy atom. The second-order valence-corrected chi connectivity index (χ2v) is 2.83. The van der Waals surface area contributed by atoms with Crippen LogP contribution in [0.15, 0.2) is 12.1 Å². The molecule has 0 N–H and O–H groups in total. The first-order chi connectivity index (χ1) is 7.08. The molecule has 1 aromatic carbocycles. The first-order valence-corrected chi connectivity index (χ1v) is 4.08. The molecule has 0 atom stereocenters. The fourth-order valence-electron chi connectivity index (χ4n) is 1.08. The quantitative estimate of drug-likeness (QED) is 0.565. The normalized spacial score (nSPS) is 9.80. The van der Waals surface area contributed by atoms with Crippen molar-refractivity contribution >= 4 is 12.3 Å². The highest BCUT2D eigenvalue weighted by Gasteiger charge is 2.14. The zero-order chi connectivity index (χ0) is 11.4. The van der Waals surface area contributed by atoms with Gasteiger partial charge in [0.05, 0.1) is 13.5 Å². The molecule has 0 fully saturated rings. The highest BCUT2D eigenvalue weighted by atomic mass is 19.1. The number of rotatable bonds is 3. The van der Waals surface area contributed by atoms with Crippen LogP contribution >= 0.6 is 0 Å². The second-order valence-electron chi connectivity index (χ2n) is 2.83. The van der Waals surface area contributed by atoms with Gasteiger partial charge in [-0.1, -0.05) is 0 Å². The summed E-state index contributed by atoms with van der Waals surface area (Å²) in [6.45, 7) is 0. The van der Waals surface area contributed by atoms with E-state index < -0.39 is 29.6 Å². The topological polar surface area (TPSA) is 43.4 Å². The molecule has 0 bridgehead atoms. The minimum Gasteiger partial charge on any atom is -0.469 e. The Hall–Kier alpha value is -1.78. The van der Waals surface area contributed by atoms with Gasteiger partial charge in [0.15, 0.2) is 0 Å². The summed E-state index contributed by atoms with van der Waals surface area (Å²) in [5.41, 5.74) is -0.508. The van der Waals surface area contributed by atoms with E-state index in [4.69, 9.17) is 0 Å². The van der Waals surface area contributed by atoms with Gasteiger partial charge in [-0.15, -0.1) is 0 Å². The zero-order valence-electron chi connectivity index (χ0n) is 7.92. The van der Waals surface area contributed by atoms with Crippen LogP contribution < -0.4 is 0 Å². The molecular weight excluding hydrogens is 206 g/mol. The van der Waals surface area contributed by atoms with Gasteiger partial charge in [-0.3, -0.25) is 9.59 Å². The fourth-order valence-corrected chi connectivity index (χ4v) is 1.08. The zero-order valence-corrected chi connectivity index (χ0v) is 7.92. The van der Waals surface area contributed by atoms with Crippen LogP contribution in [0.25, 0.3) is 0 Å². The van der Waals surface area contributed by atoms with E-state index in [1.165, 1.54) is 0 Å². The molecule has 15 heavy (non-hydrogen) atoms. The van der Waals surface area contributed by atoms with E-state index in [-0.39, 0.29) is 5.56 Å². The van der Waals surface area contributed by atoms with E-state index in [1.807, 2.05) is 0 Å². The lowest BCUT2D eigenvalue weighted by molar-refractivity contribution is -0.139. The van der Waals surface area contributed by atoms with Crippen LogP contribution in [0.3, 0.4) is 0 Å². The number of aldehydes is 1. The monoisotopic (exact) mass is 214 g/mol. The summed E-state index contributed by atoms with van der Waals surface area (Å²) in [7, 11) is 1.12. The number of carbonyl (C=O) groups is 2. The number of ether oxygens (including phenoxy) is 1. The van der Waals surface area contributed by atoms with E-state index in [0.717, 1.165) is 19.2 Å². The van der Waals surface area contributed by atoms with Crippen molar-refractivity contribution in [1.29, 1.82) is 0 Å². The predicted octanol–water partition coefficient (Wildman–Crippen LogP) is 1.49. The highest BCUT2D eigenvalue weighted by molar-refractivity contribution is 5.76. The maximum absolute atomic E-state index is 13.2. The third-order valence-corrected chi connectivity index (χ3v) is 1.85. The molecule has 0 aliphatic heterocycles. The predicted molar refractivity (Wildman–Crippen MR) is 47.5 cm³/mol. The van der Waals surface area contributed by atoms with Crippen molar-refractivity contribution in [2.24, 2.45) is 0 Å². The molecule has 0 unspecified atom stereocenters. The number of carbonyl (C=O) groups excluding carboxylic acids is 2. The highest BCUT2D eigenvalue weighted by Crippen LogP contribution is 2.15. The van der Waals surface area contributed by atoms with Gasteiger partial charge in [0, 0.05) is 11.1 Å². The lowest BCUT2D eigenvalue weighted by atomic mass is 10.1. The summed E-state index contributed by atoms with van der Waals surface area (Å²) in [5, 5.41) is 0. The number of methoxy groups -OCH3 is 1. The molecule has 3 nitrogen and oxygen atoms in total. The third kappa shape index (κ3) is 2.59. The van der Waals surface area contributed by atoms with Crippen LogP contribution in [0.1, 0.15) is 15.9 Å². The van der Waals surface area contributed by atoms with Crippen LogP contribution in [0.2, 0.25) is 0 Å². The molecular formula is C10H8F2O3. The average molecular weight is 214 g/mol. The summed E-state index contributed by atoms with van der Waals surface area (Å²) in [5.74, 6) is -2.60. The summed E-state index contributed by atoms with van der Waals surface area (Å²) in [4.78, 5) is 21.1. The van der Waals surface area contributed by atoms with Crippen molar-refractivity contribution in [2.75, 3.05) is 7.11 Å². The van der Waals surface area contributed by atoms with Crippen LogP contribution in [-0.4, -0.2) is 19.4 Å². The molecule has 0 spiro atoms. The number of hydrogen-bond acceptors (Lipinski definition) is 3. The third-order valence-electron chi connectivity index (χ3n) is 1.85. The number of benzene rings is 1. The molecule has 1 aromatic rings. The Morgan fingerprint density at radius 1 is 1.40 bits per heavy atom. The van der Waals surface area contributed by atoms with Crippen LogP contribution in [0, 0.1) is 11.6 Å². The molecule has 0 heterocycles. The van der Waals surface area contributed by atoms with Crippen molar-refractivity contribution in [3.63, 3.8) is 0 Å². The van der Waals surface area contributed by atoms with Gasteiger partial charge < -0.3 is 4.74 Å². The fraction of sp³-hybridized carbons (Fsp3) is 0.200. The summed E-state index contributed by atoms with van der Waals surface area (Å²) in [6.07, 6.45) is -0.165. The van der Waals surface area contributed by atoms with E-state index >= 15 is 0 Å². The van der Waals surface area contributed by atoms with Crippen molar-refractivity contribution in [3.05, 3.63) is 34.9 Å². The van der Waals surface area contributed by atoms with Gasteiger partial charge in [-0.2, -0.15) is 0 Å². The maximum atomic E-state index is 13.2. The molecule has 0 aromatic heterocycles. The lowest BCUT2D eigenvalue weighted by Crippen LogP contribution is -2.08. The minimum atomic E-state index is -0.928. The molecule has 0 aliphatic rings. The molecule has 0 radical (unpaired) electrons. The Labute approximate surface area is 84.7 Å². The van der Waals surface area contributed by atoms with Gasteiger partial charge in [-0.25, -0.2) is 8.78 Å². The van der Waals surface area contributed by atoms with E-state index in [2.05, 4.69) is 4.74 Å². The molecule has 0 amide bonds. The van der Waals surface area contributed by atoms with E-state index in [9.17, 15) is 18.4 Å². The van der Waals surface area contributed by atoms with Gasteiger partial charge in [0.2, 0.25) is 0 Å². The Balaban J connectivity index is 3.08. The van der Waals surface area contributed by atoms with E-state index in [0.29, 0.717) is 6.29 Å². The molecule has 0 saturated carbocycles. The first kappa shape index (κ1) is 11.3. The van der Waals surface area contributed by atoms with E-state index in [1.54, 1.807) is 0 Å². The Morgan fingerprint density at radius 2 is 1.93 bits per heavy atom. The summed E-state index contributed by atoms with van der Waals surface area (Å²) >= 11 is 0. The first-order valence-electron chi connectivity index (χ1n) is 4.08. The Kier molecular flexibility index (Phi) is 3.49. The smallest absolute Gasteiger partial charge is 0.310 e. The summed E-state index contributed by atoms with van der Waals surface area (Å²) in [6, 6.07) is 1.74. The van der Waals surface area contributed by atoms with Gasteiger partial charge >= 0.3 is 5.97 Å². The van der Waals surface area contributed by atoms with Crippen molar-refractivity contribution in [3.8, 4) is 0 Å². The summed E-state index contributed by atoms with van der Waals surface area (Å²) < 4.78 is 30.7. The maximum Gasteiger partial charge on any atom is 0.310 e. The van der Waals surface area contributed by atoms with Crippen molar-refractivity contribution in [2.45, 2.75) is 6.42 Å². The van der Waals surface area contributed by atoms with Gasteiger partial charge in [0.1, 0.15) is 17.9 Å². The van der Waals surface area contributed by atoms with Gasteiger partial charge in [-0.05, 0) is 12.1 Å². The van der Waals surface area contributed by atoms with Gasteiger partial charge in [0.25, 0.3) is 0 Å². The molecule has 5 heteroatoms. The SMILES string of the molecule is COC(=O)Cc1c(F)cc(C=O)cc1F. The van der Waals surface area contributed by atoms with Crippen LogP contribution in [0.4, 0.5) is 8.78 Å². The van der Waals surface area contributed by atoms with Crippen molar-refractivity contribution in [1.82, 2.24) is 0 Å². The molecule has 0 saturated heterocycles. The second kappa shape index (κ2) is 4.63. The van der Waals surface area contributed by atoms with Crippen LogP contribution in [-0.2, 0) is 16.0 Å². The minimum absolute atomic E-state index is 0.112. The average Bonchev–Trinajstić information content (AvgIpc) is 2.22. The van der Waals surface area contributed by atoms with Crippen molar-refractivity contribution < 1.29 is 23.1 Å².